The lowest BCUT2D eigenvalue weighted by Gasteiger charge is -2.24. The summed E-state index contributed by atoms with van der Waals surface area (Å²) in [4.78, 5) is 28.3. The van der Waals surface area contributed by atoms with Gasteiger partial charge in [0, 0.05) is 25.6 Å². The molecule has 30 heavy (non-hydrogen) atoms. The van der Waals surface area contributed by atoms with E-state index >= 15 is 0 Å². The zero-order chi connectivity index (χ0) is 21.6. The van der Waals surface area contributed by atoms with E-state index in [1.165, 1.54) is 16.2 Å². The number of carbonyl (C=O) groups is 2. The number of halogens is 2. The third kappa shape index (κ3) is 3.49. The Morgan fingerprint density at radius 3 is 2.50 bits per heavy atom. The number of anilines is 1. The van der Waals surface area contributed by atoms with Crippen molar-refractivity contribution < 1.29 is 14.7 Å². The van der Waals surface area contributed by atoms with Crippen LogP contribution >= 0.6 is 38.9 Å². The molecule has 1 aliphatic rings. The van der Waals surface area contributed by atoms with Crippen molar-refractivity contribution in [3.63, 3.8) is 0 Å². The van der Waals surface area contributed by atoms with Crippen LogP contribution < -0.4 is 4.90 Å². The number of carbonyl (C=O) groups excluding carboxylic acids is 2. The minimum Gasteiger partial charge on any atom is -0.507 e. The summed E-state index contributed by atoms with van der Waals surface area (Å²) < 4.78 is 0.892. The van der Waals surface area contributed by atoms with Crippen LogP contribution in [-0.4, -0.2) is 16.8 Å². The number of rotatable bonds is 3. The van der Waals surface area contributed by atoms with E-state index in [0.29, 0.717) is 16.3 Å². The number of ketones is 1. The number of thiophene rings is 1. The van der Waals surface area contributed by atoms with E-state index in [0.717, 1.165) is 20.5 Å². The van der Waals surface area contributed by atoms with Gasteiger partial charge in [-0.2, -0.15) is 0 Å². The summed E-state index contributed by atoms with van der Waals surface area (Å²) in [6, 6.07) is 13.5. The van der Waals surface area contributed by atoms with Crippen molar-refractivity contribution in [1.82, 2.24) is 0 Å². The zero-order valence-electron chi connectivity index (χ0n) is 16.1. The monoisotopic (exact) mass is 501 g/mol. The number of hydrogen-bond acceptors (Lipinski definition) is 4. The third-order valence-corrected chi connectivity index (χ3v) is 7.34. The summed E-state index contributed by atoms with van der Waals surface area (Å²) in [5, 5.41) is 13.5. The average Bonchev–Trinajstić information content (AvgIpc) is 3.33. The molecule has 1 aromatic heterocycles. The van der Waals surface area contributed by atoms with Crippen molar-refractivity contribution in [2.45, 2.75) is 19.9 Å². The number of amides is 1. The van der Waals surface area contributed by atoms with E-state index in [4.69, 9.17) is 11.6 Å². The largest absolute Gasteiger partial charge is 0.507 e. The minimum atomic E-state index is -0.729. The molecule has 1 saturated heterocycles. The second-order valence-electron chi connectivity index (χ2n) is 7.08. The second kappa shape index (κ2) is 8.02. The molecular weight excluding hydrogens is 486 g/mol. The maximum Gasteiger partial charge on any atom is 0.300 e. The number of aliphatic hydroxyl groups excluding tert-OH is 1. The highest BCUT2D eigenvalue weighted by atomic mass is 79.9. The van der Waals surface area contributed by atoms with Gasteiger partial charge in [-0.1, -0.05) is 45.7 Å². The summed E-state index contributed by atoms with van der Waals surface area (Å²) in [5.41, 5.74) is 2.84. The Morgan fingerprint density at radius 2 is 1.87 bits per heavy atom. The molecule has 4 rings (SSSR count). The number of hydrogen-bond donors (Lipinski definition) is 1. The van der Waals surface area contributed by atoms with Crippen LogP contribution in [0.2, 0.25) is 5.02 Å². The second-order valence-corrected chi connectivity index (χ2v) is 9.32. The van der Waals surface area contributed by atoms with Gasteiger partial charge in [0.05, 0.1) is 5.57 Å². The van der Waals surface area contributed by atoms with Crippen LogP contribution in [0.3, 0.4) is 0 Å². The van der Waals surface area contributed by atoms with Gasteiger partial charge >= 0.3 is 0 Å². The zero-order valence-corrected chi connectivity index (χ0v) is 19.3. The lowest BCUT2D eigenvalue weighted by atomic mass is 9.99. The van der Waals surface area contributed by atoms with E-state index in [-0.39, 0.29) is 11.3 Å². The van der Waals surface area contributed by atoms with Crippen molar-refractivity contribution in [2.24, 2.45) is 0 Å². The smallest absolute Gasteiger partial charge is 0.300 e. The minimum absolute atomic E-state index is 0.0702. The Labute approximate surface area is 191 Å². The molecule has 1 unspecified atom stereocenters. The number of benzene rings is 2. The molecule has 4 nitrogen and oxygen atoms in total. The maximum absolute atomic E-state index is 13.1. The SMILES string of the molecule is Cc1ccc(N2C(=O)C(=O)/C(=C(\O)c3ccc(Br)c(C)c3)C2c2cccs2)cc1Cl. The van der Waals surface area contributed by atoms with E-state index < -0.39 is 17.7 Å². The predicted molar refractivity (Wildman–Crippen MR) is 124 cm³/mol. The Kier molecular flexibility index (Phi) is 5.57. The maximum atomic E-state index is 13.1. The molecule has 1 aliphatic heterocycles. The average molecular weight is 503 g/mol. The lowest BCUT2D eigenvalue weighted by molar-refractivity contribution is -0.132. The lowest BCUT2D eigenvalue weighted by Crippen LogP contribution is -2.29. The Hall–Kier alpha value is -2.41. The molecule has 3 aromatic rings. The first-order valence-electron chi connectivity index (χ1n) is 9.16. The van der Waals surface area contributed by atoms with Crippen LogP contribution in [0.4, 0.5) is 5.69 Å². The molecule has 2 aromatic carbocycles. The van der Waals surface area contributed by atoms with Crippen LogP contribution in [0, 0.1) is 13.8 Å². The highest BCUT2D eigenvalue weighted by Crippen LogP contribution is 2.44. The number of aryl methyl sites for hydroxylation is 2. The van der Waals surface area contributed by atoms with Crippen molar-refractivity contribution in [3.8, 4) is 0 Å². The van der Waals surface area contributed by atoms with Crippen LogP contribution in [0.15, 0.2) is 64.0 Å². The molecule has 1 amide bonds. The summed E-state index contributed by atoms with van der Waals surface area (Å²) in [6.07, 6.45) is 0. The molecule has 0 spiro atoms. The fraction of sp³-hybridized carbons (Fsp3) is 0.130. The Morgan fingerprint density at radius 1 is 1.10 bits per heavy atom. The molecule has 1 N–H and O–H groups in total. The van der Waals surface area contributed by atoms with Crippen LogP contribution in [0.5, 0.6) is 0 Å². The van der Waals surface area contributed by atoms with Crippen LogP contribution in [-0.2, 0) is 9.59 Å². The number of aliphatic hydroxyl groups is 1. The van der Waals surface area contributed by atoms with Gasteiger partial charge in [0.2, 0.25) is 0 Å². The Balaban J connectivity index is 1.93. The van der Waals surface area contributed by atoms with Crippen molar-refractivity contribution in [2.75, 3.05) is 4.90 Å². The van der Waals surface area contributed by atoms with E-state index in [9.17, 15) is 14.7 Å². The van der Waals surface area contributed by atoms with Gasteiger partial charge in [0.1, 0.15) is 11.8 Å². The summed E-state index contributed by atoms with van der Waals surface area (Å²) in [5.74, 6) is -1.60. The third-order valence-electron chi connectivity index (χ3n) is 5.12. The molecule has 152 valence electrons. The molecule has 0 radical (unpaired) electrons. The summed E-state index contributed by atoms with van der Waals surface area (Å²) in [7, 11) is 0. The molecular formula is C23H17BrClNO3S. The van der Waals surface area contributed by atoms with E-state index in [1.54, 1.807) is 36.4 Å². The van der Waals surface area contributed by atoms with Gasteiger partial charge in [0.25, 0.3) is 11.7 Å². The first kappa shape index (κ1) is 20.8. The molecule has 1 fully saturated rings. The molecule has 7 heteroatoms. The van der Waals surface area contributed by atoms with Gasteiger partial charge in [-0.05, 0) is 60.7 Å². The number of nitrogens with zero attached hydrogens (tertiary/aromatic N) is 1. The van der Waals surface area contributed by atoms with Crippen molar-refractivity contribution in [3.05, 3.63) is 90.5 Å². The predicted octanol–water partition coefficient (Wildman–Crippen LogP) is 6.41. The van der Waals surface area contributed by atoms with Crippen LogP contribution in [0.25, 0.3) is 5.76 Å². The van der Waals surface area contributed by atoms with Gasteiger partial charge in [-0.25, -0.2) is 0 Å². The highest BCUT2D eigenvalue weighted by Gasteiger charge is 2.47. The van der Waals surface area contributed by atoms with Crippen LogP contribution in [0.1, 0.15) is 27.6 Å². The van der Waals surface area contributed by atoms with Gasteiger partial charge < -0.3 is 5.11 Å². The summed E-state index contributed by atoms with van der Waals surface area (Å²) in [6.45, 7) is 3.76. The normalized spacial score (nSPS) is 18.3. The molecule has 1 atom stereocenters. The van der Waals surface area contributed by atoms with E-state index in [2.05, 4.69) is 15.9 Å². The standard InChI is InChI=1S/C23H17BrClNO3S/c1-12-5-7-15(11-17(12)25)26-20(18-4-3-9-30-18)19(22(28)23(26)29)21(27)14-6-8-16(24)13(2)10-14/h3-11,20,27H,1-2H3/b21-19-. The fourth-order valence-corrected chi connectivity index (χ4v) is 4.74. The van der Waals surface area contributed by atoms with E-state index in [1.807, 2.05) is 31.4 Å². The Bertz CT molecular complexity index is 1200. The molecule has 0 saturated carbocycles. The quantitative estimate of drug-likeness (QED) is 0.256. The van der Waals surface area contributed by atoms with Crippen molar-refractivity contribution >= 4 is 62.0 Å². The molecule has 0 aliphatic carbocycles. The van der Waals surface area contributed by atoms with Crippen molar-refractivity contribution in [1.29, 1.82) is 0 Å². The first-order chi connectivity index (χ1) is 14.3. The molecule has 2 heterocycles. The highest BCUT2D eigenvalue weighted by molar-refractivity contribution is 9.10. The van der Waals surface area contributed by atoms with Gasteiger partial charge in [-0.15, -0.1) is 11.3 Å². The fourth-order valence-electron chi connectivity index (χ4n) is 3.49. The topological polar surface area (TPSA) is 57.6 Å². The van der Waals surface area contributed by atoms with Gasteiger partial charge in [-0.3, -0.25) is 14.5 Å². The number of Topliss-reactive ketones (excluding diaryl/α,β-unsaturated/α-hetero) is 1. The van der Waals surface area contributed by atoms with Gasteiger partial charge in [0.15, 0.2) is 0 Å². The molecule has 0 bridgehead atoms. The first-order valence-corrected chi connectivity index (χ1v) is 11.2. The summed E-state index contributed by atoms with van der Waals surface area (Å²) >= 11 is 11.2.